The van der Waals surface area contributed by atoms with E-state index in [-0.39, 0.29) is 18.1 Å². The Labute approximate surface area is 192 Å². The van der Waals surface area contributed by atoms with Gasteiger partial charge >= 0.3 is 0 Å². The molecule has 0 unspecified atom stereocenters. The number of amides is 1. The molecule has 0 aliphatic carbocycles. The van der Waals surface area contributed by atoms with Gasteiger partial charge in [-0.1, -0.05) is 12.1 Å². The first kappa shape index (κ1) is 21.4. The summed E-state index contributed by atoms with van der Waals surface area (Å²) in [5.41, 5.74) is 3.55. The van der Waals surface area contributed by atoms with Crippen LogP contribution >= 0.6 is 0 Å². The lowest BCUT2D eigenvalue weighted by Crippen LogP contribution is -2.39. The number of nitrogens with one attached hydrogen (secondary N) is 1. The van der Waals surface area contributed by atoms with Gasteiger partial charge in [-0.3, -0.25) is 19.5 Å². The van der Waals surface area contributed by atoms with Crippen LogP contribution in [0.2, 0.25) is 0 Å². The van der Waals surface area contributed by atoms with Crippen molar-refractivity contribution in [2.24, 2.45) is 9.98 Å². The third-order valence-corrected chi connectivity index (χ3v) is 5.96. The molecule has 1 fully saturated rings. The Morgan fingerprint density at radius 2 is 1.97 bits per heavy atom. The topological polar surface area (TPSA) is 99.5 Å². The van der Waals surface area contributed by atoms with E-state index in [1.165, 1.54) is 13.1 Å². The van der Waals surface area contributed by atoms with Crippen LogP contribution in [-0.2, 0) is 16.1 Å². The maximum Gasteiger partial charge on any atom is 0.222 e. The second-order valence-electron chi connectivity index (χ2n) is 8.30. The molecule has 0 atom stereocenters. The number of para-hydroxylation sites is 1. The zero-order valence-corrected chi connectivity index (χ0v) is 18.6. The maximum absolute atomic E-state index is 13.1. The van der Waals surface area contributed by atoms with Crippen molar-refractivity contribution < 1.29 is 14.3 Å². The predicted molar refractivity (Wildman–Crippen MR) is 125 cm³/mol. The first-order valence-corrected chi connectivity index (χ1v) is 11.2. The molecule has 1 aromatic heterocycles. The molecule has 0 radical (unpaired) electrons. The van der Waals surface area contributed by atoms with Crippen LogP contribution in [0.15, 0.2) is 46.5 Å². The highest BCUT2D eigenvalue weighted by molar-refractivity contribution is 6.21. The Balaban J connectivity index is 1.41. The lowest BCUT2D eigenvalue weighted by molar-refractivity contribution is -0.114. The van der Waals surface area contributed by atoms with E-state index in [0.717, 1.165) is 55.5 Å². The average molecular weight is 447 g/mol. The molecule has 3 aliphatic heterocycles. The third kappa shape index (κ3) is 4.55. The van der Waals surface area contributed by atoms with E-state index in [4.69, 9.17) is 14.7 Å². The number of aliphatic imine (C=N–C) groups is 2. The summed E-state index contributed by atoms with van der Waals surface area (Å²) in [5.74, 6) is 1.75. The number of carbonyl (C=O) groups excluding carboxylic acids is 2. The minimum absolute atomic E-state index is 0.0732. The molecule has 1 saturated heterocycles. The standard InChI is InChI=1S/C24H26N6O3/c1-16(31)27-21-6-5-17(14-26-21)20(32)13-22-28-23-18(15-29-9-11-33-12-10-29)3-2-4-19(23)24-25-7-8-30(22)24/h2-6,14H,7-13,15H2,1H3,(H,26,27,31). The van der Waals surface area contributed by atoms with Gasteiger partial charge in [0.2, 0.25) is 5.91 Å². The number of hydrogen-bond donors (Lipinski definition) is 1. The number of rotatable bonds is 6. The lowest BCUT2D eigenvalue weighted by Gasteiger charge is -2.30. The van der Waals surface area contributed by atoms with Crippen molar-refractivity contribution in [3.8, 4) is 0 Å². The van der Waals surface area contributed by atoms with Crippen LogP contribution in [0.1, 0.15) is 34.8 Å². The molecule has 1 aromatic carbocycles. The molecule has 33 heavy (non-hydrogen) atoms. The fourth-order valence-corrected chi connectivity index (χ4v) is 4.34. The van der Waals surface area contributed by atoms with E-state index >= 15 is 0 Å². The summed E-state index contributed by atoms with van der Waals surface area (Å²) in [6, 6.07) is 9.54. The van der Waals surface area contributed by atoms with Crippen LogP contribution in [0.3, 0.4) is 0 Å². The SMILES string of the molecule is CC(=O)Nc1ccc(C(=O)CC2=Nc3c(CN4CCOCC4)cccc3C3=NCCN23)cn1. The van der Waals surface area contributed by atoms with Gasteiger partial charge in [0.05, 0.1) is 31.9 Å². The molecule has 9 nitrogen and oxygen atoms in total. The highest BCUT2D eigenvalue weighted by atomic mass is 16.5. The summed E-state index contributed by atoms with van der Waals surface area (Å²) in [4.78, 5) is 42.5. The van der Waals surface area contributed by atoms with E-state index in [2.05, 4.69) is 38.3 Å². The van der Waals surface area contributed by atoms with Crippen molar-refractivity contribution in [1.29, 1.82) is 0 Å². The molecule has 9 heteroatoms. The summed E-state index contributed by atoms with van der Waals surface area (Å²) >= 11 is 0. The first-order valence-electron chi connectivity index (χ1n) is 11.2. The van der Waals surface area contributed by atoms with Crippen LogP contribution in [0.25, 0.3) is 0 Å². The molecule has 1 N–H and O–H groups in total. The molecule has 1 amide bonds. The number of nitrogens with zero attached hydrogens (tertiary/aromatic N) is 5. The fraction of sp³-hybridized carbons (Fsp3) is 0.375. The van der Waals surface area contributed by atoms with Gasteiger partial charge in [0.15, 0.2) is 5.78 Å². The Kier molecular flexibility index (Phi) is 5.97. The highest BCUT2D eigenvalue weighted by Crippen LogP contribution is 2.34. The maximum atomic E-state index is 13.1. The van der Waals surface area contributed by atoms with Gasteiger partial charge in [-0.15, -0.1) is 0 Å². The Morgan fingerprint density at radius 3 is 2.73 bits per heavy atom. The molecule has 3 aliphatic rings. The summed E-state index contributed by atoms with van der Waals surface area (Å²) in [5, 5.41) is 2.61. The molecule has 0 saturated carbocycles. The number of ketones is 1. The second-order valence-corrected chi connectivity index (χ2v) is 8.30. The largest absolute Gasteiger partial charge is 0.379 e. The lowest BCUT2D eigenvalue weighted by atomic mass is 10.0. The average Bonchev–Trinajstić information content (AvgIpc) is 3.31. The van der Waals surface area contributed by atoms with Crippen molar-refractivity contribution in [2.75, 3.05) is 44.7 Å². The molecular formula is C24H26N6O3. The molecule has 0 bridgehead atoms. The van der Waals surface area contributed by atoms with Gasteiger partial charge in [-0.25, -0.2) is 9.98 Å². The second kappa shape index (κ2) is 9.21. The number of fused-ring (bicyclic) bond motifs is 3. The summed E-state index contributed by atoms with van der Waals surface area (Å²) in [6.07, 6.45) is 1.65. The van der Waals surface area contributed by atoms with E-state index < -0.39 is 0 Å². The van der Waals surface area contributed by atoms with Gasteiger partial charge < -0.3 is 15.0 Å². The Bertz CT molecular complexity index is 1140. The number of Topliss-reactive ketones (excluding diaryl/α,β-unsaturated/α-hetero) is 1. The number of ether oxygens (including phenoxy) is 1. The van der Waals surface area contributed by atoms with Gasteiger partial charge in [0.1, 0.15) is 17.5 Å². The summed E-state index contributed by atoms with van der Waals surface area (Å²) < 4.78 is 5.48. The molecule has 170 valence electrons. The molecule has 2 aromatic rings. The van der Waals surface area contributed by atoms with Crippen molar-refractivity contribution in [1.82, 2.24) is 14.8 Å². The van der Waals surface area contributed by atoms with E-state index in [1.807, 2.05) is 0 Å². The molecule has 0 spiro atoms. The van der Waals surface area contributed by atoms with Crippen LogP contribution in [0.4, 0.5) is 11.5 Å². The van der Waals surface area contributed by atoms with Gasteiger partial charge in [0, 0.05) is 50.4 Å². The minimum Gasteiger partial charge on any atom is -0.379 e. The van der Waals surface area contributed by atoms with Crippen LogP contribution in [0.5, 0.6) is 0 Å². The number of hydrogen-bond acceptors (Lipinski definition) is 8. The first-order chi connectivity index (χ1) is 16.1. The van der Waals surface area contributed by atoms with Gasteiger partial charge in [-0.2, -0.15) is 0 Å². The highest BCUT2D eigenvalue weighted by Gasteiger charge is 2.32. The third-order valence-electron chi connectivity index (χ3n) is 5.96. The molecule has 4 heterocycles. The van der Waals surface area contributed by atoms with Crippen LogP contribution in [-0.4, -0.2) is 77.5 Å². The smallest absolute Gasteiger partial charge is 0.222 e. The van der Waals surface area contributed by atoms with Crippen molar-refractivity contribution in [3.05, 3.63) is 53.2 Å². The zero-order valence-electron chi connectivity index (χ0n) is 18.6. The van der Waals surface area contributed by atoms with Crippen molar-refractivity contribution in [2.45, 2.75) is 19.9 Å². The predicted octanol–water partition coefficient (Wildman–Crippen LogP) is 2.25. The quantitative estimate of drug-likeness (QED) is 0.684. The monoisotopic (exact) mass is 446 g/mol. The number of morpholine rings is 1. The fourth-order valence-electron chi connectivity index (χ4n) is 4.34. The van der Waals surface area contributed by atoms with Crippen molar-refractivity contribution in [3.63, 3.8) is 0 Å². The van der Waals surface area contributed by atoms with E-state index in [9.17, 15) is 9.59 Å². The van der Waals surface area contributed by atoms with Crippen LogP contribution in [0, 0.1) is 0 Å². The number of carbonyl (C=O) groups is 2. The Morgan fingerprint density at radius 1 is 1.12 bits per heavy atom. The number of benzene rings is 1. The van der Waals surface area contributed by atoms with E-state index in [0.29, 0.717) is 30.3 Å². The number of amidine groups is 2. The summed E-state index contributed by atoms with van der Waals surface area (Å²) in [6.45, 7) is 6.89. The van der Waals surface area contributed by atoms with Crippen LogP contribution < -0.4 is 5.32 Å². The minimum atomic E-state index is -0.203. The normalized spacial score (nSPS) is 17.7. The molecule has 5 rings (SSSR count). The number of anilines is 1. The van der Waals surface area contributed by atoms with Gasteiger partial charge in [-0.05, 0) is 23.8 Å². The number of aromatic nitrogens is 1. The van der Waals surface area contributed by atoms with E-state index in [1.54, 1.807) is 12.1 Å². The van der Waals surface area contributed by atoms with Gasteiger partial charge in [0.25, 0.3) is 0 Å². The number of pyridine rings is 1. The summed E-state index contributed by atoms with van der Waals surface area (Å²) in [7, 11) is 0. The molecular weight excluding hydrogens is 420 g/mol. The van der Waals surface area contributed by atoms with Crippen molar-refractivity contribution >= 4 is 34.9 Å². The Hall–Kier alpha value is -3.43. The zero-order chi connectivity index (χ0) is 22.8.